The van der Waals surface area contributed by atoms with Gasteiger partial charge in [-0.15, -0.1) is 0 Å². The zero-order valence-corrected chi connectivity index (χ0v) is 16.4. The molecule has 2 heterocycles. The number of amides is 1. The zero-order valence-electron chi connectivity index (χ0n) is 14.8. The van der Waals surface area contributed by atoms with Gasteiger partial charge in [0.1, 0.15) is 11.9 Å². The average Bonchev–Trinajstić information content (AvgIpc) is 3.03. The fourth-order valence-electron chi connectivity index (χ4n) is 3.23. The fraction of sp³-hybridized carbons (Fsp3) is 0.200. The van der Waals surface area contributed by atoms with Crippen LogP contribution < -0.4 is 10.6 Å². The third-order valence-electron chi connectivity index (χ3n) is 4.68. The molecule has 2 N–H and O–H groups in total. The Balaban J connectivity index is 1.40. The maximum absolute atomic E-state index is 12.7. The van der Waals surface area contributed by atoms with Crippen molar-refractivity contribution in [3.63, 3.8) is 0 Å². The topological polar surface area (TPSA) is 76.0 Å². The lowest BCUT2D eigenvalue weighted by molar-refractivity contribution is -0.121. The molecule has 142 valence electrons. The molecule has 8 heteroatoms. The SMILES string of the molecule is O=C(CC[C@H]1Nc2c3ccccc3nc(=S)n2C1=O)NCc1ccc(Cl)cc1. The minimum absolute atomic E-state index is 0.118. The van der Waals surface area contributed by atoms with Crippen LogP contribution in [0.25, 0.3) is 10.9 Å². The molecule has 0 radical (unpaired) electrons. The molecule has 1 aliphatic heterocycles. The first-order valence-corrected chi connectivity index (χ1v) is 9.65. The van der Waals surface area contributed by atoms with E-state index in [-0.39, 0.29) is 23.0 Å². The van der Waals surface area contributed by atoms with E-state index in [2.05, 4.69) is 15.6 Å². The Morgan fingerprint density at radius 1 is 1.21 bits per heavy atom. The summed E-state index contributed by atoms with van der Waals surface area (Å²) in [5.74, 6) is 0.350. The van der Waals surface area contributed by atoms with Crippen LogP contribution in [0, 0.1) is 4.77 Å². The number of hydrogen-bond acceptors (Lipinski definition) is 5. The Morgan fingerprint density at radius 3 is 2.75 bits per heavy atom. The van der Waals surface area contributed by atoms with E-state index >= 15 is 0 Å². The molecule has 1 atom stereocenters. The minimum Gasteiger partial charge on any atom is -0.359 e. The lowest BCUT2D eigenvalue weighted by Crippen LogP contribution is -2.29. The molecular weight excluding hydrogens is 396 g/mol. The Hall–Kier alpha value is -2.77. The van der Waals surface area contributed by atoms with Gasteiger partial charge in [0.25, 0.3) is 5.91 Å². The van der Waals surface area contributed by atoms with Crippen LogP contribution >= 0.6 is 23.8 Å². The van der Waals surface area contributed by atoms with Gasteiger partial charge in [-0.05, 0) is 48.5 Å². The van der Waals surface area contributed by atoms with Crippen molar-refractivity contribution >= 4 is 52.4 Å². The summed E-state index contributed by atoms with van der Waals surface area (Å²) >= 11 is 11.1. The van der Waals surface area contributed by atoms with Gasteiger partial charge in [0.15, 0.2) is 0 Å². The maximum Gasteiger partial charge on any atom is 0.257 e. The Kier molecular flexibility index (Phi) is 5.11. The number of nitrogens with zero attached hydrogens (tertiary/aromatic N) is 2. The van der Waals surface area contributed by atoms with Crippen molar-refractivity contribution in [2.24, 2.45) is 0 Å². The van der Waals surface area contributed by atoms with Crippen molar-refractivity contribution in [3.8, 4) is 0 Å². The van der Waals surface area contributed by atoms with Crippen molar-refractivity contribution in [2.75, 3.05) is 5.32 Å². The second-order valence-electron chi connectivity index (χ2n) is 6.57. The van der Waals surface area contributed by atoms with Gasteiger partial charge in [-0.1, -0.05) is 35.9 Å². The number of anilines is 1. The molecule has 4 rings (SSSR count). The Labute approximate surface area is 171 Å². The average molecular weight is 413 g/mol. The van der Waals surface area contributed by atoms with Crippen molar-refractivity contribution < 1.29 is 9.59 Å². The van der Waals surface area contributed by atoms with Gasteiger partial charge < -0.3 is 10.6 Å². The second kappa shape index (κ2) is 7.69. The number of para-hydroxylation sites is 1. The van der Waals surface area contributed by atoms with Crippen LogP contribution in [-0.4, -0.2) is 27.4 Å². The smallest absolute Gasteiger partial charge is 0.257 e. The third-order valence-corrected chi connectivity index (χ3v) is 5.21. The standard InChI is InChI=1S/C20H17ClN4O2S/c21-13-7-5-12(6-8-13)11-22-17(26)10-9-16-19(27)25-18(23-16)14-3-1-2-4-15(14)24-20(25)28/h1-8,16,23H,9-11H2,(H,22,26)/t16-/m1/s1. The number of carbonyl (C=O) groups is 2. The molecule has 0 saturated carbocycles. The van der Waals surface area contributed by atoms with Crippen LogP contribution in [0.5, 0.6) is 0 Å². The number of hydrogen-bond donors (Lipinski definition) is 2. The Bertz CT molecular complexity index is 1130. The summed E-state index contributed by atoms with van der Waals surface area (Å²) in [7, 11) is 0. The highest BCUT2D eigenvalue weighted by Crippen LogP contribution is 2.29. The summed E-state index contributed by atoms with van der Waals surface area (Å²) in [6.07, 6.45) is 0.597. The van der Waals surface area contributed by atoms with Crippen LogP contribution in [0.3, 0.4) is 0 Å². The summed E-state index contributed by atoms with van der Waals surface area (Å²) in [6.45, 7) is 0.419. The molecule has 0 bridgehead atoms. The van der Waals surface area contributed by atoms with Crippen LogP contribution in [-0.2, 0) is 11.3 Å². The zero-order chi connectivity index (χ0) is 19.7. The highest BCUT2D eigenvalue weighted by molar-refractivity contribution is 7.71. The van der Waals surface area contributed by atoms with E-state index in [1.165, 1.54) is 4.57 Å². The highest BCUT2D eigenvalue weighted by Gasteiger charge is 2.31. The number of fused-ring (bicyclic) bond motifs is 3. The van der Waals surface area contributed by atoms with Crippen LogP contribution in [0.15, 0.2) is 48.5 Å². The molecule has 0 saturated heterocycles. The molecule has 0 fully saturated rings. The molecular formula is C20H17ClN4O2S. The normalized spacial score (nSPS) is 15.3. The molecule has 2 aromatic carbocycles. The van der Waals surface area contributed by atoms with Gasteiger partial charge >= 0.3 is 0 Å². The van der Waals surface area contributed by atoms with E-state index < -0.39 is 6.04 Å². The van der Waals surface area contributed by atoms with Crippen LogP contribution in [0.4, 0.5) is 5.82 Å². The lowest BCUT2D eigenvalue weighted by Gasteiger charge is -2.09. The van der Waals surface area contributed by atoms with Gasteiger partial charge in [-0.25, -0.2) is 9.55 Å². The fourth-order valence-corrected chi connectivity index (χ4v) is 3.64. The highest BCUT2D eigenvalue weighted by atomic mass is 35.5. The molecule has 1 aliphatic rings. The van der Waals surface area contributed by atoms with Crippen molar-refractivity contribution in [2.45, 2.75) is 25.4 Å². The molecule has 0 unspecified atom stereocenters. The summed E-state index contributed by atoms with van der Waals surface area (Å²) in [5.41, 5.74) is 1.70. The summed E-state index contributed by atoms with van der Waals surface area (Å²) in [5, 5.41) is 7.56. The predicted octanol–water partition coefficient (Wildman–Crippen LogP) is 3.95. The van der Waals surface area contributed by atoms with Crippen LogP contribution in [0.1, 0.15) is 23.2 Å². The number of benzene rings is 2. The quantitative estimate of drug-likeness (QED) is 0.620. The van der Waals surface area contributed by atoms with Gasteiger partial charge in [-0.2, -0.15) is 0 Å². The van der Waals surface area contributed by atoms with E-state index in [1.807, 2.05) is 36.4 Å². The first-order chi connectivity index (χ1) is 13.5. The second-order valence-corrected chi connectivity index (χ2v) is 7.37. The van der Waals surface area contributed by atoms with E-state index in [9.17, 15) is 9.59 Å². The molecule has 3 aromatic rings. The van der Waals surface area contributed by atoms with Crippen molar-refractivity contribution in [1.82, 2.24) is 14.9 Å². The monoisotopic (exact) mass is 412 g/mol. The van der Waals surface area contributed by atoms with E-state index in [1.54, 1.807) is 12.1 Å². The molecule has 0 aliphatic carbocycles. The van der Waals surface area contributed by atoms with E-state index in [0.29, 0.717) is 23.8 Å². The molecule has 1 aromatic heterocycles. The maximum atomic E-state index is 12.7. The molecule has 28 heavy (non-hydrogen) atoms. The van der Waals surface area contributed by atoms with E-state index in [4.69, 9.17) is 23.8 Å². The van der Waals surface area contributed by atoms with Gasteiger partial charge in [0.05, 0.1) is 5.52 Å². The number of nitrogens with one attached hydrogen (secondary N) is 2. The largest absolute Gasteiger partial charge is 0.359 e. The first kappa shape index (κ1) is 18.6. The van der Waals surface area contributed by atoms with Crippen molar-refractivity contribution in [3.05, 3.63) is 63.9 Å². The number of aromatic nitrogens is 2. The number of halogens is 1. The molecule has 6 nitrogen and oxygen atoms in total. The van der Waals surface area contributed by atoms with Gasteiger partial charge in [0.2, 0.25) is 10.7 Å². The minimum atomic E-state index is -0.504. The predicted molar refractivity (Wildman–Crippen MR) is 111 cm³/mol. The summed E-state index contributed by atoms with van der Waals surface area (Å²) in [6, 6.07) is 14.3. The number of rotatable bonds is 5. The summed E-state index contributed by atoms with van der Waals surface area (Å²) in [4.78, 5) is 29.2. The van der Waals surface area contributed by atoms with Gasteiger partial charge in [-0.3, -0.25) is 9.59 Å². The van der Waals surface area contributed by atoms with Crippen molar-refractivity contribution in [1.29, 1.82) is 0 Å². The molecule has 1 amide bonds. The number of carbonyl (C=O) groups excluding carboxylic acids is 2. The first-order valence-electron chi connectivity index (χ1n) is 8.86. The summed E-state index contributed by atoms with van der Waals surface area (Å²) < 4.78 is 1.65. The third kappa shape index (κ3) is 3.63. The molecule has 0 spiro atoms. The lowest BCUT2D eigenvalue weighted by atomic mass is 10.1. The van der Waals surface area contributed by atoms with Crippen LogP contribution in [0.2, 0.25) is 5.02 Å². The Morgan fingerprint density at radius 2 is 1.96 bits per heavy atom. The van der Waals surface area contributed by atoms with E-state index in [0.717, 1.165) is 16.5 Å². The van der Waals surface area contributed by atoms with Gasteiger partial charge in [0, 0.05) is 23.4 Å².